The molecule has 1 atom stereocenters. The molecule has 1 aliphatic heterocycles. The number of hydrogen-bond donors (Lipinski definition) is 2. The third-order valence-corrected chi connectivity index (χ3v) is 4.71. The van der Waals surface area contributed by atoms with E-state index in [-0.39, 0.29) is 17.9 Å². The van der Waals surface area contributed by atoms with E-state index in [4.69, 9.17) is 5.73 Å². The highest BCUT2D eigenvalue weighted by atomic mass is 16.2. The predicted molar refractivity (Wildman–Crippen MR) is 94.2 cm³/mol. The number of benzene rings is 1. The van der Waals surface area contributed by atoms with E-state index in [0.717, 1.165) is 25.2 Å². The van der Waals surface area contributed by atoms with Crippen LogP contribution in [0.2, 0.25) is 0 Å². The van der Waals surface area contributed by atoms with Crippen molar-refractivity contribution in [3.8, 4) is 0 Å². The zero-order valence-corrected chi connectivity index (χ0v) is 14.6. The lowest BCUT2D eigenvalue weighted by Gasteiger charge is -2.21. The van der Waals surface area contributed by atoms with E-state index in [1.165, 1.54) is 5.56 Å². The number of nitrogens with two attached hydrogens (primary N) is 1. The smallest absolute Gasteiger partial charge is 0.317 e. The number of primary amides is 1. The van der Waals surface area contributed by atoms with Crippen molar-refractivity contribution >= 4 is 11.9 Å². The molecule has 6 heteroatoms. The molecule has 24 heavy (non-hydrogen) atoms. The van der Waals surface area contributed by atoms with E-state index in [0.29, 0.717) is 26.1 Å². The molecule has 1 unspecified atom stereocenters. The van der Waals surface area contributed by atoms with Gasteiger partial charge in [0.05, 0.1) is 5.92 Å². The molecular weight excluding hydrogens is 304 g/mol. The SMILES string of the molecule is CCN(CC)Cc1ccccc1CNC(=O)N1CCC(C(N)=O)C1. The van der Waals surface area contributed by atoms with Crippen LogP contribution in [0.25, 0.3) is 0 Å². The molecule has 2 rings (SSSR count). The van der Waals surface area contributed by atoms with E-state index >= 15 is 0 Å². The van der Waals surface area contributed by atoms with Gasteiger partial charge in [-0.25, -0.2) is 4.79 Å². The Morgan fingerprint density at radius 2 is 1.92 bits per heavy atom. The van der Waals surface area contributed by atoms with Crippen LogP contribution in [0.15, 0.2) is 24.3 Å². The van der Waals surface area contributed by atoms with Crippen molar-refractivity contribution in [1.29, 1.82) is 0 Å². The summed E-state index contributed by atoms with van der Waals surface area (Å²) in [5, 5.41) is 2.97. The first kappa shape index (κ1) is 18.3. The van der Waals surface area contributed by atoms with Gasteiger partial charge in [0.1, 0.15) is 0 Å². The van der Waals surface area contributed by atoms with Crippen molar-refractivity contribution < 1.29 is 9.59 Å². The number of nitrogens with one attached hydrogen (secondary N) is 1. The Morgan fingerprint density at radius 1 is 1.25 bits per heavy atom. The molecule has 0 aromatic heterocycles. The summed E-state index contributed by atoms with van der Waals surface area (Å²) < 4.78 is 0. The van der Waals surface area contributed by atoms with Crippen LogP contribution in [0.3, 0.4) is 0 Å². The number of carbonyl (C=O) groups is 2. The highest BCUT2D eigenvalue weighted by molar-refractivity contribution is 5.80. The van der Waals surface area contributed by atoms with E-state index in [1.807, 2.05) is 12.1 Å². The first-order valence-corrected chi connectivity index (χ1v) is 8.66. The Morgan fingerprint density at radius 3 is 2.50 bits per heavy atom. The summed E-state index contributed by atoms with van der Waals surface area (Å²) >= 11 is 0. The van der Waals surface area contributed by atoms with Crippen molar-refractivity contribution in [2.75, 3.05) is 26.2 Å². The molecule has 3 amide bonds. The van der Waals surface area contributed by atoms with Gasteiger partial charge in [-0.2, -0.15) is 0 Å². The van der Waals surface area contributed by atoms with Gasteiger partial charge in [0.15, 0.2) is 0 Å². The highest BCUT2D eigenvalue weighted by Crippen LogP contribution is 2.16. The fourth-order valence-electron chi connectivity index (χ4n) is 3.03. The van der Waals surface area contributed by atoms with Crippen LogP contribution >= 0.6 is 0 Å². The molecular formula is C18H28N4O2. The maximum absolute atomic E-state index is 12.3. The van der Waals surface area contributed by atoms with Crippen LogP contribution in [-0.2, 0) is 17.9 Å². The zero-order valence-electron chi connectivity index (χ0n) is 14.6. The first-order valence-electron chi connectivity index (χ1n) is 8.66. The Hall–Kier alpha value is -2.08. The van der Waals surface area contributed by atoms with Crippen LogP contribution < -0.4 is 11.1 Å². The van der Waals surface area contributed by atoms with Gasteiger partial charge in [0, 0.05) is 26.2 Å². The number of urea groups is 1. The minimum Gasteiger partial charge on any atom is -0.369 e. The van der Waals surface area contributed by atoms with Crippen LogP contribution in [0, 0.1) is 5.92 Å². The summed E-state index contributed by atoms with van der Waals surface area (Å²) in [5.41, 5.74) is 7.68. The summed E-state index contributed by atoms with van der Waals surface area (Å²) in [7, 11) is 0. The van der Waals surface area contributed by atoms with Crippen LogP contribution in [0.5, 0.6) is 0 Å². The second-order valence-electron chi connectivity index (χ2n) is 6.22. The molecule has 1 saturated heterocycles. The van der Waals surface area contributed by atoms with Gasteiger partial charge >= 0.3 is 6.03 Å². The minimum atomic E-state index is -0.324. The zero-order chi connectivity index (χ0) is 17.5. The number of likely N-dealkylation sites (tertiary alicyclic amines) is 1. The van der Waals surface area contributed by atoms with Crippen molar-refractivity contribution in [1.82, 2.24) is 15.1 Å². The second-order valence-corrected chi connectivity index (χ2v) is 6.22. The van der Waals surface area contributed by atoms with Crippen molar-refractivity contribution in [2.45, 2.75) is 33.4 Å². The lowest BCUT2D eigenvalue weighted by atomic mass is 10.1. The largest absolute Gasteiger partial charge is 0.369 e. The average molecular weight is 332 g/mol. The summed E-state index contributed by atoms with van der Waals surface area (Å²) in [6.07, 6.45) is 0.654. The molecule has 0 saturated carbocycles. The molecule has 0 radical (unpaired) electrons. The molecule has 1 heterocycles. The summed E-state index contributed by atoms with van der Waals surface area (Å²) in [5.74, 6) is -0.541. The van der Waals surface area contributed by atoms with Crippen LogP contribution in [-0.4, -0.2) is 47.9 Å². The maximum Gasteiger partial charge on any atom is 0.317 e. The van der Waals surface area contributed by atoms with Gasteiger partial charge in [-0.15, -0.1) is 0 Å². The molecule has 0 aliphatic carbocycles. The molecule has 0 spiro atoms. The maximum atomic E-state index is 12.3. The Bertz CT molecular complexity index is 572. The normalized spacial score (nSPS) is 17.3. The van der Waals surface area contributed by atoms with E-state index in [9.17, 15) is 9.59 Å². The lowest BCUT2D eigenvalue weighted by Crippen LogP contribution is -2.39. The van der Waals surface area contributed by atoms with Gasteiger partial charge in [-0.3, -0.25) is 9.69 Å². The molecule has 1 fully saturated rings. The first-order chi connectivity index (χ1) is 11.5. The van der Waals surface area contributed by atoms with Crippen LogP contribution in [0.4, 0.5) is 4.79 Å². The lowest BCUT2D eigenvalue weighted by molar-refractivity contribution is -0.121. The Kier molecular flexibility index (Phi) is 6.61. The summed E-state index contributed by atoms with van der Waals surface area (Å²) in [4.78, 5) is 27.5. The Balaban J connectivity index is 1.92. The molecule has 132 valence electrons. The fourth-order valence-corrected chi connectivity index (χ4v) is 3.03. The number of rotatable bonds is 7. The molecule has 0 bridgehead atoms. The second kappa shape index (κ2) is 8.68. The number of nitrogens with zero attached hydrogens (tertiary/aromatic N) is 2. The van der Waals surface area contributed by atoms with E-state index in [1.54, 1.807) is 4.90 Å². The number of hydrogen-bond acceptors (Lipinski definition) is 3. The average Bonchev–Trinajstić information content (AvgIpc) is 3.09. The van der Waals surface area contributed by atoms with Crippen LogP contribution in [0.1, 0.15) is 31.4 Å². The van der Waals surface area contributed by atoms with Gasteiger partial charge in [0.25, 0.3) is 0 Å². The standard InChI is InChI=1S/C18H28N4O2/c1-3-21(4-2)12-15-8-6-5-7-14(15)11-20-18(24)22-10-9-16(13-22)17(19)23/h5-8,16H,3-4,9-13H2,1-2H3,(H2,19,23)(H,20,24). The van der Waals surface area contributed by atoms with Crippen molar-refractivity contribution in [3.05, 3.63) is 35.4 Å². The Labute approximate surface area is 144 Å². The van der Waals surface area contributed by atoms with Crippen molar-refractivity contribution in [2.24, 2.45) is 11.7 Å². The fraction of sp³-hybridized carbons (Fsp3) is 0.556. The summed E-state index contributed by atoms with van der Waals surface area (Å²) in [6.45, 7) is 8.68. The molecule has 3 N–H and O–H groups in total. The molecule has 6 nitrogen and oxygen atoms in total. The third kappa shape index (κ3) is 4.71. The quantitative estimate of drug-likeness (QED) is 0.795. The number of carbonyl (C=O) groups excluding carboxylic acids is 2. The molecule has 1 aromatic carbocycles. The van der Waals surface area contributed by atoms with Crippen molar-refractivity contribution in [3.63, 3.8) is 0 Å². The van der Waals surface area contributed by atoms with Gasteiger partial charge < -0.3 is 16.0 Å². The predicted octanol–water partition coefficient (Wildman–Crippen LogP) is 1.55. The van der Waals surface area contributed by atoms with E-state index < -0.39 is 0 Å². The third-order valence-electron chi connectivity index (χ3n) is 4.71. The molecule has 1 aliphatic rings. The van der Waals surface area contributed by atoms with Gasteiger partial charge in [-0.05, 0) is 30.6 Å². The summed E-state index contributed by atoms with van der Waals surface area (Å²) in [6, 6.07) is 8.05. The number of amides is 3. The van der Waals surface area contributed by atoms with Gasteiger partial charge in [0.2, 0.25) is 5.91 Å². The van der Waals surface area contributed by atoms with E-state index in [2.05, 4.69) is 36.2 Å². The molecule has 1 aromatic rings. The van der Waals surface area contributed by atoms with Gasteiger partial charge in [-0.1, -0.05) is 38.1 Å². The topological polar surface area (TPSA) is 78.7 Å². The monoisotopic (exact) mass is 332 g/mol. The minimum absolute atomic E-state index is 0.128. The highest BCUT2D eigenvalue weighted by Gasteiger charge is 2.29.